The Balaban J connectivity index is 2.28. The van der Waals surface area contributed by atoms with Crippen LogP contribution in [0.25, 0.3) is 6.08 Å². The van der Waals surface area contributed by atoms with Gasteiger partial charge in [0.1, 0.15) is 10.4 Å². The van der Waals surface area contributed by atoms with E-state index >= 15 is 0 Å². The van der Waals surface area contributed by atoms with Gasteiger partial charge in [-0.2, -0.15) is 0 Å². The van der Waals surface area contributed by atoms with Crippen LogP contribution in [0.1, 0.15) is 26.3 Å². The lowest BCUT2D eigenvalue weighted by atomic mass is 10.0. The Kier molecular flexibility index (Phi) is 5.96. The van der Waals surface area contributed by atoms with E-state index in [2.05, 4.69) is 0 Å². The number of amides is 1. The lowest BCUT2D eigenvalue weighted by molar-refractivity contribution is -0.146. The maximum absolute atomic E-state index is 12.6. The van der Waals surface area contributed by atoms with E-state index in [0.717, 1.165) is 22.9 Å². The monoisotopic (exact) mass is 361 g/mol. The van der Waals surface area contributed by atoms with Crippen molar-refractivity contribution in [2.24, 2.45) is 5.92 Å². The third-order valence-electron chi connectivity index (χ3n) is 3.54. The largest absolute Gasteiger partial charge is 0.480 e. The smallest absolute Gasteiger partial charge is 0.327 e. The zero-order chi connectivity index (χ0) is 17.9. The summed E-state index contributed by atoms with van der Waals surface area (Å²) in [6.45, 7) is 5.43. The fraction of sp³-hybridized carbons (Fsp3) is 0.278. The highest BCUT2D eigenvalue weighted by atomic mass is 32.2. The molecule has 24 heavy (non-hydrogen) atoms. The van der Waals surface area contributed by atoms with Crippen LogP contribution in [0.2, 0.25) is 0 Å². The molecule has 0 aromatic heterocycles. The Labute approximate surface area is 151 Å². The molecule has 126 valence electrons. The molecule has 0 radical (unpaired) electrons. The summed E-state index contributed by atoms with van der Waals surface area (Å²) >= 11 is 6.38. The highest BCUT2D eigenvalue weighted by Gasteiger charge is 2.41. The van der Waals surface area contributed by atoms with E-state index in [1.165, 1.54) is 4.90 Å². The average molecular weight is 361 g/mol. The van der Waals surface area contributed by atoms with Crippen LogP contribution in [0.15, 0.2) is 46.9 Å². The lowest BCUT2D eigenvalue weighted by Gasteiger charge is -2.26. The van der Waals surface area contributed by atoms with Gasteiger partial charge in [-0.3, -0.25) is 9.69 Å². The first kappa shape index (κ1) is 18.4. The number of rotatable bonds is 5. The molecular weight excluding hydrogens is 342 g/mol. The van der Waals surface area contributed by atoms with E-state index < -0.39 is 12.0 Å². The fourth-order valence-corrected chi connectivity index (χ4v) is 3.85. The highest BCUT2D eigenvalue weighted by molar-refractivity contribution is 8.26. The van der Waals surface area contributed by atoms with Crippen LogP contribution in [0, 0.1) is 5.92 Å². The standard InChI is InChI=1S/C18H19NO3S2/c1-11(2)15(17(21)22)19-16(20)14(24-18(19)23)10-12(3)9-13-7-5-4-6-8-13/h4-11,15H,1-3H3,(H,21,22)/b12-9+,14-10+/t15-/m0/s1. The first-order valence-electron chi connectivity index (χ1n) is 7.54. The third kappa shape index (κ3) is 4.13. The lowest BCUT2D eigenvalue weighted by Crippen LogP contribution is -2.47. The molecule has 0 aliphatic carbocycles. The quantitative estimate of drug-likeness (QED) is 0.636. The van der Waals surface area contributed by atoms with Crippen LogP contribution in [-0.4, -0.2) is 32.2 Å². The summed E-state index contributed by atoms with van der Waals surface area (Å²) in [4.78, 5) is 25.8. The second kappa shape index (κ2) is 7.77. The number of hydrogen-bond acceptors (Lipinski definition) is 4. The molecule has 2 rings (SSSR count). The number of thioether (sulfide) groups is 1. The van der Waals surface area contributed by atoms with Crippen molar-refractivity contribution in [3.05, 3.63) is 52.4 Å². The molecule has 1 aliphatic heterocycles. The minimum absolute atomic E-state index is 0.231. The third-order valence-corrected chi connectivity index (χ3v) is 4.87. The molecule has 1 fully saturated rings. The molecular formula is C18H19NO3S2. The second-order valence-electron chi connectivity index (χ2n) is 5.88. The van der Waals surface area contributed by atoms with Crippen LogP contribution in [-0.2, 0) is 9.59 Å². The maximum Gasteiger partial charge on any atom is 0.327 e. The van der Waals surface area contributed by atoms with Crippen molar-refractivity contribution in [2.45, 2.75) is 26.8 Å². The average Bonchev–Trinajstić information content (AvgIpc) is 2.75. The van der Waals surface area contributed by atoms with Crippen molar-refractivity contribution >= 4 is 46.3 Å². The number of aliphatic carboxylic acids is 1. The van der Waals surface area contributed by atoms with E-state index in [1.54, 1.807) is 19.9 Å². The minimum atomic E-state index is -1.04. The SMILES string of the molecule is CC(=C\c1ccccc1)/C=C1/SC(=S)N([C@H](C(=O)O)C(C)C)C1=O. The van der Waals surface area contributed by atoms with Crippen LogP contribution < -0.4 is 0 Å². The molecule has 1 atom stereocenters. The van der Waals surface area contributed by atoms with Crippen LogP contribution in [0.3, 0.4) is 0 Å². The Bertz CT molecular complexity index is 723. The highest BCUT2D eigenvalue weighted by Crippen LogP contribution is 2.35. The Hall–Kier alpha value is -1.92. The molecule has 1 N–H and O–H groups in total. The minimum Gasteiger partial charge on any atom is -0.480 e. The predicted octanol–water partition coefficient (Wildman–Crippen LogP) is 3.94. The molecule has 0 bridgehead atoms. The summed E-state index contributed by atoms with van der Waals surface area (Å²) in [5.74, 6) is -1.61. The molecule has 1 saturated heterocycles. The summed E-state index contributed by atoms with van der Waals surface area (Å²) in [5, 5.41) is 9.41. The molecule has 4 nitrogen and oxygen atoms in total. The predicted molar refractivity (Wildman–Crippen MR) is 101 cm³/mol. The molecule has 1 aromatic carbocycles. The number of benzene rings is 1. The molecule has 6 heteroatoms. The van der Waals surface area contributed by atoms with E-state index in [4.69, 9.17) is 12.2 Å². The Morgan fingerprint density at radius 3 is 2.46 bits per heavy atom. The van der Waals surface area contributed by atoms with Gasteiger partial charge in [0, 0.05) is 0 Å². The molecule has 1 aromatic rings. The van der Waals surface area contributed by atoms with Crippen molar-refractivity contribution in [1.29, 1.82) is 0 Å². The molecule has 0 unspecified atom stereocenters. The summed E-state index contributed by atoms with van der Waals surface area (Å²) in [6.07, 6.45) is 3.72. The van der Waals surface area contributed by atoms with Gasteiger partial charge in [-0.25, -0.2) is 4.79 Å². The molecule has 0 spiro atoms. The van der Waals surface area contributed by atoms with Crippen LogP contribution in [0.5, 0.6) is 0 Å². The van der Waals surface area contributed by atoms with Crippen molar-refractivity contribution in [2.75, 3.05) is 0 Å². The van der Waals surface area contributed by atoms with Crippen LogP contribution in [0.4, 0.5) is 0 Å². The summed E-state index contributed by atoms with van der Waals surface area (Å²) < 4.78 is 0.292. The van der Waals surface area contributed by atoms with Gasteiger partial charge in [0.2, 0.25) is 0 Å². The van der Waals surface area contributed by atoms with Crippen molar-refractivity contribution in [1.82, 2.24) is 4.90 Å². The van der Waals surface area contributed by atoms with Gasteiger partial charge >= 0.3 is 5.97 Å². The van der Waals surface area contributed by atoms with E-state index in [-0.39, 0.29) is 11.8 Å². The molecule has 1 aliphatic rings. The van der Waals surface area contributed by atoms with Gasteiger partial charge in [0.15, 0.2) is 0 Å². The summed E-state index contributed by atoms with van der Waals surface area (Å²) in [5.41, 5.74) is 1.94. The van der Waals surface area contributed by atoms with Crippen molar-refractivity contribution in [3.63, 3.8) is 0 Å². The normalized spacial score (nSPS) is 18.6. The Morgan fingerprint density at radius 2 is 1.92 bits per heavy atom. The molecule has 0 saturated carbocycles. The fourth-order valence-electron chi connectivity index (χ4n) is 2.47. The first-order chi connectivity index (χ1) is 11.3. The van der Waals surface area contributed by atoms with Gasteiger partial charge in [-0.1, -0.05) is 74.2 Å². The van der Waals surface area contributed by atoms with E-state index in [0.29, 0.717) is 9.23 Å². The zero-order valence-electron chi connectivity index (χ0n) is 13.7. The number of carbonyl (C=O) groups excluding carboxylic acids is 1. The van der Waals surface area contributed by atoms with Gasteiger partial charge in [0.25, 0.3) is 5.91 Å². The van der Waals surface area contributed by atoms with Crippen molar-refractivity contribution in [3.8, 4) is 0 Å². The van der Waals surface area contributed by atoms with Crippen LogP contribution >= 0.6 is 24.0 Å². The Morgan fingerprint density at radius 1 is 1.29 bits per heavy atom. The number of hydrogen-bond donors (Lipinski definition) is 1. The van der Waals surface area contributed by atoms with Gasteiger partial charge < -0.3 is 5.11 Å². The zero-order valence-corrected chi connectivity index (χ0v) is 15.4. The van der Waals surface area contributed by atoms with Gasteiger partial charge in [0.05, 0.1) is 4.91 Å². The topological polar surface area (TPSA) is 57.6 Å². The number of allylic oxidation sites excluding steroid dienone is 2. The number of carboxylic acids is 1. The maximum atomic E-state index is 12.6. The van der Waals surface area contributed by atoms with E-state index in [9.17, 15) is 14.7 Å². The second-order valence-corrected chi connectivity index (χ2v) is 7.55. The van der Waals surface area contributed by atoms with Gasteiger partial charge in [-0.15, -0.1) is 0 Å². The first-order valence-corrected chi connectivity index (χ1v) is 8.77. The van der Waals surface area contributed by atoms with Gasteiger partial charge in [-0.05, 0) is 30.1 Å². The van der Waals surface area contributed by atoms with E-state index in [1.807, 2.05) is 43.3 Å². The molecule has 1 amide bonds. The summed E-state index contributed by atoms with van der Waals surface area (Å²) in [7, 11) is 0. The van der Waals surface area contributed by atoms with Crippen molar-refractivity contribution < 1.29 is 14.7 Å². The number of thiocarbonyl (C=S) groups is 1. The summed E-state index contributed by atoms with van der Waals surface area (Å²) in [6, 6.07) is 8.83. The number of nitrogens with zero attached hydrogens (tertiary/aromatic N) is 1. The number of carboxylic acid groups (broad SMARTS) is 1. The number of carbonyl (C=O) groups is 2. The molecule has 1 heterocycles.